The number of pyridine rings is 1. The Hall–Kier alpha value is -5.54. The highest BCUT2D eigenvalue weighted by molar-refractivity contribution is 6.22. The second kappa shape index (κ2) is 9.83. The highest BCUT2D eigenvalue weighted by Gasteiger charge is 2.19. The molecule has 3 heteroatoms. The molecule has 8 rings (SSSR count). The van der Waals surface area contributed by atoms with Gasteiger partial charge in [-0.2, -0.15) is 0 Å². The molecule has 0 atom stereocenters. The van der Waals surface area contributed by atoms with Crippen LogP contribution in [0.3, 0.4) is 0 Å². The van der Waals surface area contributed by atoms with Crippen LogP contribution in [-0.4, -0.2) is 14.5 Å². The molecule has 0 N–H and O–H groups in total. The molecule has 8 aromatic rings. The van der Waals surface area contributed by atoms with E-state index >= 15 is 0 Å². The average molecular weight is 541 g/mol. The van der Waals surface area contributed by atoms with E-state index in [1.54, 1.807) is 4.57 Å². The molecule has 0 saturated carbocycles. The molecule has 0 fully saturated rings. The van der Waals surface area contributed by atoms with E-state index < -0.39 is 6.85 Å². The summed E-state index contributed by atoms with van der Waals surface area (Å²) in [4.78, 5) is 8.78. The number of aryl methyl sites for hydroxylation is 1. The molecule has 0 spiro atoms. The second-order valence-electron chi connectivity index (χ2n) is 10.4. The molecule has 0 aliphatic carbocycles. The molecule has 198 valence electrons. The van der Waals surface area contributed by atoms with Crippen molar-refractivity contribution in [3.05, 3.63) is 152 Å². The van der Waals surface area contributed by atoms with Crippen LogP contribution in [0.25, 0.3) is 71.6 Å². The first kappa shape index (κ1) is 21.2. The van der Waals surface area contributed by atoms with E-state index in [-0.39, 0.29) is 5.82 Å². The minimum absolute atomic E-state index is 0.0543. The third-order valence-corrected chi connectivity index (χ3v) is 8.07. The van der Waals surface area contributed by atoms with E-state index in [2.05, 4.69) is 107 Å². The molecule has 42 heavy (non-hydrogen) atoms. The van der Waals surface area contributed by atoms with Crippen molar-refractivity contribution in [1.82, 2.24) is 14.5 Å². The van der Waals surface area contributed by atoms with Crippen LogP contribution in [-0.2, 0) is 0 Å². The standard InChI is InChI=1S/C39H27N3/c1-26-41-36-19-8-9-20-37(36)42(26)29-12-10-11-28(25-29)38-32-15-4-6-17-34(32)39(35-18-7-5-16-33(35)38)31-14-3-2-13-30(31)27-21-23-40-24-22-27/h2-25H,1H3/i1D3. The summed E-state index contributed by atoms with van der Waals surface area (Å²) in [5.74, 6) is 0.0543. The largest absolute Gasteiger partial charge is 0.297 e. The van der Waals surface area contributed by atoms with E-state index in [9.17, 15) is 0 Å². The van der Waals surface area contributed by atoms with Gasteiger partial charge in [0.15, 0.2) is 0 Å². The molecule has 6 aromatic carbocycles. The van der Waals surface area contributed by atoms with Gasteiger partial charge < -0.3 is 0 Å². The summed E-state index contributed by atoms with van der Waals surface area (Å²) in [6.45, 7) is -2.38. The Kier molecular flexibility index (Phi) is 4.97. The topological polar surface area (TPSA) is 30.7 Å². The maximum Gasteiger partial charge on any atom is 0.111 e. The predicted octanol–water partition coefficient (Wildman–Crippen LogP) is 10.0. The number of fused-ring (bicyclic) bond motifs is 3. The molecule has 0 aliphatic rings. The summed E-state index contributed by atoms with van der Waals surface area (Å²) in [5, 5.41) is 4.54. The quantitative estimate of drug-likeness (QED) is 0.208. The van der Waals surface area contributed by atoms with Gasteiger partial charge in [0.25, 0.3) is 0 Å². The second-order valence-corrected chi connectivity index (χ2v) is 10.4. The molecule has 3 nitrogen and oxygen atoms in total. The Morgan fingerprint density at radius 2 is 1.17 bits per heavy atom. The summed E-state index contributed by atoms with van der Waals surface area (Å²) in [7, 11) is 0. The van der Waals surface area contributed by atoms with E-state index in [1.807, 2.05) is 48.8 Å². The van der Waals surface area contributed by atoms with Crippen molar-refractivity contribution in [2.75, 3.05) is 0 Å². The van der Waals surface area contributed by atoms with E-state index in [4.69, 9.17) is 4.11 Å². The minimum Gasteiger partial charge on any atom is -0.297 e. The fourth-order valence-corrected chi connectivity index (χ4v) is 6.30. The lowest BCUT2D eigenvalue weighted by Gasteiger charge is -2.20. The summed E-state index contributed by atoms with van der Waals surface area (Å²) in [6, 6.07) is 45.5. The van der Waals surface area contributed by atoms with Crippen molar-refractivity contribution in [3.8, 4) is 39.1 Å². The lowest BCUT2D eigenvalue weighted by atomic mass is 9.84. The molecule has 0 bridgehead atoms. The average Bonchev–Trinajstić information content (AvgIpc) is 3.48. The van der Waals surface area contributed by atoms with Gasteiger partial charge in [0.1, 0.15) is 5.82 Å². The predicted molar refractivity (Wildman–Crippen MR) is 175 cm³/mol. The highest BCUT2D eigenvalue weighted by Crippen LogP contribution is 2.46. The third kappa shape index (κ3) is 3.82. The van der Waals surface area contributed by atoms with Crippen LogP contribution in [0.1, 0.15) is 9.94 Å². The zero-order valence-electron chi connectivity index (χ0n) is 25.7. The van der Waals surface area contributed by atoms with E-state index in [0.717, 1.165) is 60.6 Å². The van der Waals surface area contributed by atoms with Gasteiger partial charge in [-0.05, 0) is 98.2 Å². The third-order valence-electron chi connectivity index (χ3n) is 8.07. The lowest BCUT2D eigenvalue weighted by molar-refractivity contribution is 1.00. The number of nitrogens with zero attached hydrogens (tertiary/aromatic N) is 3. The number of aromatic nitrogens is 3. The maximum absolute atomic E-state index is 8.26. The molecule has 0 amide bonds. The summed E-state index contributed by atoms with van der Waals surface area (Å²) < 4.78 is 26.6. The molecule has 0 unspecified atom stereocenters. The van der Waals surface area contributed by atoms with E-state index in [0.29, 0.717) is 5.52 Å². The van der Waals surface area contributed by atoms with Crippen molar-refractivity contribution in [2.24, 2.45) is 0 Å². The van der Waals surface area contributed by atoms with Crippen molar-refractivity contribution >= 4 is 32.6 Å². The van der Waals surface area contributed by atoms with Crippen LogP contribution in [0.15, 0.2) is 146 Å². The van der Waals surface area contributed by atoms with Crippen molar-refractivity contribution in [2.45, 2.75) is 6.85 Å². The number of imidazole rings is 1. The molecule has 0 aliphatic heterocycles. The van der Waals surface area contributed by atoms with Crippen molar-refractivity contribution in [1.29, 1.82) is 0 Å². The van der Waals surface area contributed by atoms with Gasteiger partial charge in [-0.1, -0.05) is 97.1 Å². The lowest BCUT2D eigenvalue weighted by Crippen LogP contribution is -1.98. The van der Waals surface area contributed by atoms with Crippen LogP contribution in [0.4, 0.5) is 0 Å². The molecular formula is C39H27N3. The van der Waals surface area contributed by atoms with Gasteiger partial charge in [-0.25, -0.2) is 4.98 Å². The number of hydrogen-bond donors (Lipinski definition) is 0. The summed E-state index contributed by atoms with van der Waals surface area (Å²) in [6.07, 6.45) is 3.67. The minimum atomic E-state index is -2.38. The summed E-state index contributed by atoms with van der Waals surface area (Å²) >= 11 is 0. The zero-order chi connectivity index (χ0) is 30.5. The van der Waals surface area contributed by atoms with Gasteiger partial charge in [0.05, 0.1) is 11.0 Å². The van der Waals surface area contributed by atoms with Crippen LogP contribution < -0.4 is 0 Å². The Morgan fingerprint density at radius 1 is 0.548 bits per heavy atom. The Morgan fingerprint density at radius 3 is 1.88 bits per heavy atom. The SMILES string of the molecule is [2H]C([2H])([2H])c1nc2ccccc2n1-c1cccc(-c2c3ccccc3c(-c3ccccc3-c3ccncc3)c3ccccc23)c1. The number of benzene rings is 6. The maximum atomic E-state index is 8.26. The van der Waals surface area contributed by atoms with E-state index in [1.165, 1.54) is 5.56 Å². The fraction of sp³-hybridized carbons (Fsp3) is 0.0256. The van der Waals surface area contributed by atoms with Crippen molar-refractivity contribution < 1.29 is 4.11 Å². The number of rotatable bonds is 4. The Balaban J connectivity index is 1.42. The molecule has 0 radical (unpaired) electrons. The fourth-order valence-electron chi connectivity index (χ4n) is 6.30. The first-order valence-corrected chi connectivity index (χ1v) is 14.0. The summed E-state index contributed by atoms with van der Waals surface area (Å²) in [5.41, 5.74) is 8.88. The van der Waals surface area contributed by atoms with Gasteiger partial charge in [0, 0.05) is 22.2 Å². The van der Waals surface area contributed by atoms with Crippen molar-refractivity contribution in [3.63, 3.8) is 0 Å². The monoisotopic (exact) mass is 540 g/mol. The van der Waals surface area contributed by atoms with Gasteiger partial charge >= 0.3 is 0 Å². The molecule has 2 heterocycles. The number of para-hydroxylation sites is 2. The number of hydrogen-bond acceptors (Lipinski definition) is 2. The Labute approximate surface area is 248 Å². The van der Waals surface area contributed by atoms with Crippen LogP contribution in [0, 0.1) is 6.85 Å². The van der Waals surface area contributed by atoms with Gasteiger partial charge in [-0.3, -0.25) is 9.55 Å². The molecular weight excluding hydrogens is 510 g/mol. The Bertz CT molecular complexity index is 2320. The first-order chi connectivity index (χ1) is 22.0. The highest BCUT2D eigenvalue weighted by atomic mass is 15.1. The van der Waals surface area contributed by atoms with Gasteiger partial charge in [-0.15, -0.1) is 0 Å². The van der Waals surface area contributed by atoms with Gasteiger partial charge in [0.2, 0.25) is 0 Å². The molecule has 2 aromatic heterocycles. The first-order valence-electron chi connectivity index (χ1n) is 15.5. The van der Waals surface area contributed by atoms with Crippen LogP contribution in [0.5, 0.6) is 0 Å². The van der Waals surface area contributed by atoms with Crippen LogP contribution in [0.2, 0.25) is 0 Å². The zero-order valence-corrected chi connectivity index (χ0v) is 22.7. The normalized spacial score (nSPS) is 12.8. The smallest absolute Gasteiger partial charge is 0.111 e. The molecule has 0 saturated heterocycles. The van der Waals surface area contributed by atoms with Crippen LogP contribution >= 0.6 is 0 Å².